The molecular weight excluding hydrogens is 366 g/mol. The maximum Gasteiger partial charge on any atom is 0.240 e. The van der Waals surface area contributed by atoms with Crippen molar-refractivity contribution in [2.24, 2.45) is 5.73 Å². The Hall–Kier alpha value is -1.48. The van der Waals surface area contributed by atoms with Crippen molar-refractivity contribution >= 4 is 15.9 Å². The Labute approximate surface area is 161 Å². The molecule has 8 heteroatoms. The molecule has 0 radical (unpaired) electrons. The summed E-state index contributed by atoms with van der Waals surface area (Å²) in [5.74, 6) is -0.128. The molecule has 0 spiro atoms. The molecule has 1 aliphatic heterocycles. The van der Waals surface area contributed by atoms with Gasteiger partial charge in [0.2, 0.25) is 15.9 Å². The molecule has 150 valence electrons. The van der Waals surface area contributed by atoms with E-state index >= 15 is 0 Å². The predicted molar refractivity (Wildman–Crippen MR) is 102 cm³/mol. The first-order chi connectivity index (χ1) is 12.9. The summed E-state index contributed by atoms with van der Waals surface area (Å²) in [6.45, 7) is 1.32. The van der Waals surface area contributed by atoms with E-state index in [2.05, 4.69) is 10.0 Å². The molecule has 0 bridgehead atoms. The number of carbonyl (C=O) groups excluding carboxylic acids is 1. The van der Waals surface area contributed by atoms with E-state index in [-0.39, 0.29) is 16.9 Å². The Bertz CT molecular complexity index is 737. The summed E-state index contributed by atoms with van der Waals surface area (Å²) in [6.07, 6.45) is 6.32. The normalized spacial score (nSPS) is 22.5. The third-order valence-corrected chi connectivity index (χ3v) is 6.85. The molecule has 1 atom stereocenters. The zero-order valence-corrected chi connectivity index (χ0v) is 16.4. The van der Waals surface area contributed by atoms with E-state index in [1.54, 1.807) is 24.3 Å². The molecule has 1 saturated heterocycles. The molecule has 0 aromatic heterocycles. The first-order valence-electron chi connectivity index (χ1n) is 9.66. The van der Waals surface area contributed by atoms with Crippen LogP contribution in [0.15, 0.2) is 29.2 Å². The van der Waals surface area contributed by atoms with Crippen molar-refractivity contribution in [2.45, 2.75) is 68.0 Å². The third kappa shape index (κ3) is 5.28. The van der Waals surface area contributed by atoms with E-state index in [0.717, 1.165) is 37.7 Å². The monoisotopic (exact) mass is 395 g/mol. The first-order valence-corrected chi connectivity index (χ1v) is 11.1. The van der Waals surface area contributed by atoms with Gasteiger partial charge in [-0.1, -0.05) is 31.4 Å². The van der Waals surface area contributed by atoms with E-state index in [0.29, 0.717) is 32.5 Å². The topological polar surface area (TPSA) is 111 Å². The second-order valence-electron chi connectivity index (χ2n) is 7.53. The lowest BCUT2D eigenvalue weighted by atomic mass is 9.82. The molecule has 3 rings (SSSR count). The maximum absolute atomic E-state index is 12.4. The number of hydrogen-bond acceptors (Lipinski definition) is 5. The molecule has 1 unspecified atom stereocenters. The van der Waals surface area contributed by atoms with Gasteiger partial charge in [-0.2, -0.15) is 0 Å². The van der Waals surface area contributed by atoms with E-state index < -0.39 is 15.6 Å². The van der Waals surface area contributed by atoms with Crippen LogP contribution in [-0.4, -0.2) is 39.1 Å². The highest BCUT2D eigenvalue weighted by atomic mass is 32.2. The first kappa shape index (κ1) is 20.3. The summed E-state index contributed by atoms with van der Waals surface area (Å²) in [5, 5.41) is 2.88. The van der Waals surface area contributed by atoms with E-state index in [4.69, 9.17) is 10.5 Å². The Kier molecular flexibility index (Phi) is 6.52. The maximum atomic E-state index is 12.4. The number of sulfonamides is 1. The minimum atomic E-state index is -3.56. The lowest BCUT2D eigenvalue weighted by molar-refractivity contribution is -0.127. The van der Waals surface area contributed by atoms with Gasteiger partial charge in [0.05, 0.1) is 16.5 Å². The number of hydrogen-bond donors (Lipinski definition) is 3. The summed E-state index contributed by atoms with van der Waals surface area (Å²) in [5.41, 5.74) is 6.29. The molecule has 2 fully saturated rings. The SMILES string of the molecule is NC1(C(=O)NCc2ccc(S(=O)(=O)NCC3CCCO3)cc2)CCCCC1. The van der Waals surface area contributed by atoms with Crippen LogP contribution >= 0.6 is 0 Å². The molecule has 1 aliphatic carbocycles. The van der Waals surface area contributed by atoms with Crippen molar-refractivity contribution in [1.82, 2.24) is 10.0 Å². The van der Waals surface area contributed by atoms with Crippen LogP contribution in [0.3, 0.4) is 0 Å². The van der Waals surface area contributed by atoms with Crippen molar-refractivity contribution in [2.75, 3.05) is 13.2 Å². The molecule has 1 aromatic carbocycles. The van der Waals surface area contributed by atoms with Crippen LogP contribution < -0.4 is 15.8 Å². The van der Waals surface area contributed by atoms with E-state index in [1.807, 2.05) is 0 Å². The highest BCUT2D eigenvalue weighted by molar-refractivity contribution is 7.89. The van der Waals surface area contributed by atoms with Crippen LogP contribution in [-0.2, 0) is 26.1 Å². The van der Waals surface area contributed by atoms with Crippen LogP contribution in [0.4, 0.5) is 0 Å². The van der Waals surface area contributed by atoms with Gasteiger partial charge in [0.15, 0.2) is 0 Å². The van der Waals surface area contributed by atoms with Crippen molar-refractivity contribution < 1.29 is 17.9 Å². The van der Waals surface area contributed by atoms with Crippen LogP contribution in [0.1, 0.15) is 50.5 Å². The van der Waals surface area contributed by atoms with E-state index in [9.17, 15) is 13.2 Å². The summed E-state index contributed by atoms with van der Waals surface area (Å²) < 4.78 is 32.8. The molecule has 27 heavy (non-hydrogen) atoms. The number of benzene rings is 1. The average Bonchev–Trinajstić information content (AvgIpc) is 3.19. The van der Waals surface area contributed by atoms with Crippen molar-refractivity contribution in [3.63, 3.8) is 0 Å². The molecule has 2 aliphatic rings. The highest BCUT2D eigenvalue weighted by Gasteiger charge is 2.34. The summed E-state index contributed by atoms with van der Waals surface area (Å²) >= 11 is 0. The summed E-state index contributed by atoms with van der Waals surface area (Å²) in [6, 6.07) is 6.53. The van der Waals surface area contributed by atoms with Crippen LogP contribution in [0, 0.1) is 0 Å². The van der Waals surface area contributed by atoms with Crippen LogP contribution in [0.2, 0.25) is 0 Å². The van der Waals surface area contributed by atoms with Gasteiger partial charge in [-0.15, -0.1) is 0 Å². The molecule has 7 nitrogen and oxygen atoms in total. The summed E-state index contributed by atoms with van der Waals surface area (Å²) in [7, 11) is -3.56. The van der Waals surface area contributed by atoms with Crippen molar-refractivity contribution in [3.8, 4) is 0 Å². The van der Waals surface area contributed by atoms with Gasteiger partial charge in [0, 0.05) is 19.7 Å². The average molecular weight is 396 g/mol. The number of nitrogens with two attached hydrogens (primary N) is 1. The zero-order chi connectivity index (χ0) is 19.3. The number of rotatable bonds is 7. The van der Waals surface area contributed by atoms with Gasteiger partial charge < -0.3 is 15.8 Å². The lowest BCUT2D eigenvalue weighted by Gasteiger charge is -2.31. The summed E-state index contributed by atoms with van der Waals surface area (Å²) in [4.78, 5) is 12.6. The molecule has 1 amide bonds. The number of carbonyl (C=O) groups is 1. The third-order valence-electron chi connectivity index (χ3n) is 5.41. The number of ether oxygens (including phenoxy) is 1. The molecule has 1 heterocycles. The fraction of sp³-hybridized carbons (Fsp3) is 0.632. The van der Waals surface area contributed by atoms with Gasteiger partial charge in [0.25, 0.3) is 0 Å². The standard InChI is InChI=1S/C19H29N3O4S/c20-19(10-2-1-3-11-19)18(23)21-13-15-6-8-17(9-7-15)27(24,25)22-14-16-5-4-12-26-16/h6-9,16,22H,1-5,10-14,20H2,(H,21,23). The number of nitrogens with one attached hydrogen (secondary N) is 2. The lowest BCUT2D eigenvalue weighted by Crippen LogP contribution is -2.54. The predicted octanol–water partition coefficient (Wildman–Crippen LogP) is 1.42. The van der Waals surface area contributed by atoms with E-state index in [1.165, 1.54) is 0 Å². The molecule has 4 N–H and O–H groups in total. The van der Waals surface area contributed by atoms with Gasteiger partial charge in [0.1, 0.15) is 0 Å². The second kappa shape index (κ2) is 8.68. The van der Waals surface area contributed by atoms with Crippen molar-refractivity contribution in [3.05, 3.63) is 29.8 Å². The Balaban J connectivity index is 1.52. The molecule has 1 saturated carbocycles. The smallest absolute Gasteiger partial charge is 0.240 e. The fourth-order valence-corrected chi connectivity index (χ4v) is 4.71. The minimum Gasteiger partial charge on any atom is -0.377 e. The van der Waals surface area contributed by atoms with Crippen LogP contribution in [0.25, 0.3) is 0 Å². The quantitative estimate of drug-likeness (QED) is 0.647. The van der Waals surface area contributed by atoms with Gasteiger partial charge >= 0.3 is 0 Å². The van der Waals surface area contributed by atoms with Crippen LogP contribution in [0.5, 0.6) is 0 Å². The minimum absolute atomic E-state index is 0.0439. The largest absolute Gasteiger partial charge is 0.377 e. The zero-order valence-electron chi connectivity index (χ0n) is 15.6. The second-order valence-corrected chi connectivity index (χ2v) is 9.30. The van der Waals surface area contributed by atoms with Gasteiger partial charge in [-0.25, -0.2) is 13.1 Å². The molecular formula is C19H29N3O4S. The number of amides is 1. The van der Waals surface area contributed by atoms with Gasteiger partial charge in [-0.05, 0) is 43.4 Å². The molecule has 1 aromatic rings. The van der Waals surface area contributed by atoms with Gasteiger partial charge in [-0.3, -0.25) is 4.79 Å². The van der Waals surface area contributed by atoms with Crippen molar-refractivity contribution in [1.29, 1.82) is 0 Å². The Morgan fingerprint density at radius 3 is 2.48 bits per heavy atom. The highest BCUT2D eigenvalue weighted by Crippen LogP contribution is 2.26. The Morgan fingerprint density at radius 2 is 1.85 bits per heavy atom. The fourth-order valence-electron chi connectivity index (χ4n) is 3.65. The Morgan fingerprint density at radius 1 is 1.15 bits per heavy atom.